The number of benzene rings is 2. The van der Waals surface area contributed by atoms with Gasteiger partial charge in [0.05, 0.1) is 18.6 Å². The summed E-state index contributed by atoms with van der Waals surface area (Å²) in [6, 6.07) is 13.6. The Morgan fingerprint density at radius 3 is 2.37 bits per heavy atom. The van der Waals surface area contributed by atoms with E-state index in [0.717, 1.165) is 5.56 Å². The third-order valence-electron chi connectivity index (χ3n) is 4.74. The second kappa shape index (κ2) is 9.21. The largest absolute Gasteiger partial charge is 0.465 e. The highest BCUT2D eigenvalue weighted by Gasteiger charge is 2.36. The van der Waals surface area contributed by atoms with Crippen molar-refractivity contribution in [1.82, 2.24) is 0 Å². The summed E-state index contributed by atoms with van der Waals surface area (Å²) in [7, 11) is 1.29. The van der Waals surface area contributed by atoms with Crippen LogP contribution in [0.15, 0.2) is 48.5 Å². The van der Waals surface area contributed by atoms with Gasteiger partial charge in [-0.25, -0.2) is 4.79 Å². The zero-order valence-electron chi connectivity index (χ0n) is 16.7. The standard InChI is InChI=1S/C22H22N2O6/c1-14-3-7-17(8-4-14)23-19(25)13-30-22(28)16-11-20(26)24(12-16)18-9-5-15(6-10-18)21(27)29-2/h3-10,16H,11-13H2,1-2H3,(H,23,25)/t16-/m0/s1. The molecule has 0 unspecified atom stereocenters. The molecule has 0 radical (unpaired) electrons. The predicted molar refractivity (Wildman–Crippen MR) is 109 cm³/mol. The Kier molecular flexibility index (Phi) is 6.46. The highest BCUT2D eigenvalue weighted by atomic mass is 16.5. The molecular weight excluding hydrogens is 388 g/mol. The van der Waals surface area contributed by atoms with Crippen LogP contribution >= 0.6 is 0 Å². The van der Waals surface area contributed by atoms with Gasteiger partial charge in [0.1, 0.15) is 0 Å². The molecule has 0 saturated carbocycles. The molecule has 8 heteroatoms. The minimum Gasteiger partial charge on any atom is -0.465 e. The van der Waals surface area contributed by atoms with Gasteiger partial charge in [-0.1, -0.05) is 17.7 Å². The van der Waals surface area contributed by atoms with E-state index in [4.69, 9.17) is 4.74 Å². The maximum atomic E-state index is 12.3. The zero-order chi connectivity index (χ0) is 21.7. The van der Waals surface area contributed by atoms with E-state index in [1.807, 2.05) is 19.1 Å². The molecule has 1 fully saturated rings. The van der Waals surface area contributed by atoms with E-state index in [0.29, 0.717) is 16.9 Å². The number of hydrogen-bond acceptors (Lipinski definition) is 6. The predicted octanol–water partition coefficient (Wildman–Crippen LogP) is 2.32. The Morgan fingerprint density at radius 1 is 1.07 bits per heavy atom. The molecule has 1 heterocycles. The summed E-state index contributed by atoms with van der Waals surface area (Å²) in [6.45, 7) is 1.66. The van der Waals surface area contributed by atoms with Crippen molar-refractivity contribution in [3.05, 3.63) is 59.7 Å². The van der Waals surface area contributed by atoms with Gasteiger partial charge in [-0.15, -0.1) is 0 Å². The Bertz CT molecular complexity index is 953. The molecule has 1 aliphatic heterocycles. The van der Waals surface area contributed by atoms with Crippen molar-refractivity contribution >= 4 is 35.1 Å². The van der Waals surface area contributed by atoms with Crippen LogP contribution in [0.1, 0.15) is 22.3 Å². The SMILES string of the molecule is COC(=O)c1ccc(N2C[C@@H](C(=O)OCC(=O)Nc3ccc(C)cc3)CC2=O)cc1. The second-order valence-corrected chi connectivity index (χ2v) is 6.97. The Labute approximate surface area is 173 Å². The summed E-state index contributed by atoms with van der Waals surface area (Å²) >= 11 is 0. The number of esters is 2. The number of carbonyl (C=O) groups is 4. The van der Waals surface area contributed by atoms with Crippen molar-refractivity contribution in [3.63, 3.8) is 0 Å². The van der Waals surface area contributed by atoms with Gasteiger partial charge in [0, 0.05) is 24.3 Å². The van der Waals surface area contributed by atoms with Crippen LogP contribution < -0.4 is 10.2 Å². The lowest BCUT2D eigenvalue weighted by Gasteiger charge is -2.16. The summed E-state index contributed by atoms with van der Waals surface area (Å²) in [6.07, 6.45) is -0.00281. The molecule has 3 rings (SSSR count). The number of anilines is 2. The van der Waals surface area contributed by atoms with Crippen molar-refractivity contribution in [1.29, 1.82) is 0 Å². The smallest absolute Gasteiger partial charge is 0.337 e. The highest BCUT2D eigenvalue weighted by molar-refractivity contribution is 6.00. The van der Waals surface area contributed by atoms with Gasteiger partial charge >= 0.3 is 11.9 Å². The quantitative estimate of drug-likeness (QED) is 0.734. The molecule has 0 spiro atoms. The van der Waals surface area contributed by atoms with E-state index < -0.39 is 30.4 Å². The lowest BCUT2D eigenvalue weighted by Crippen LogP contribution is -2.28. The average molecular weight is 410 g/mol. The Morgan fingerprint density at radius 2 is 1.73 bits per heavy atom. The van der Waals surface area contributed by atoms with E-state index in [-0.39, 0.29) is 18.9 Å². The molecule has 1 N–H and O–H groups in total. The molecule has 2 aromatic rings. The molecule has 1 aliphatic rings. The number of nitrogens with one attached hydrogen (secondary N) is 1. The topological polar surface area (TPSA) is 102 Å². The van der Waals surface area contributed by atoms with E-state index in [9.17, 15) is 19.2 Å². The Hall–Kier alpha value is -3.68. The number of rotatable bonds is 6. The number of nitrogens with zero attached hydrogens (tertiary/aromatic N) is 1. The first kappa shape index (κ1) is 21.0. The van der Waals surface area contributed by atoms with E-state index in [1.165, 1.54) is 12.0 Å². The molecule has 2 amide bonds. The van der Waals surface area contributed by atoms with Crippen molar-refractivity contribution < 1.29 is 28.7 Å². The third kappa shape index (κ3) is 5.02. The first-order valence-corrected chi connectivity index (χ1v) is 9.39. The molecular formula is C22H22N2O6. The summed E-state index contributed by atoms with van der Waals surface area (Å²) < 4.78 is 9.74. The van der Waals surface area contributed by atoms with Crippen LogP contribution in [0.5, 0.6) is 0 Å². The number of ether oxygens (including phenoxy) is 2. The molecule has 30 heavy (non-hydrogen) atoms. The van der Waals surface area contributed by atoms with Crippen LogP contribution in [-0.2, 0) is 23.9 Å². The van der Waals surface area contributed by atoms with Gasteiger partial charge in [0.2, 0.25) is 5.91 Å². The fourth-order valence-electron chi connectivity index (χ4n) is 3.10. The van der Waals surface area contributed by atoms with Crippen LogP contribution in [0.4, 0.5) is 11.4 Å². The number of methoxy groups -OCH3 is 1. The number of amides is 2. The minimum atomic E-state index is -0.662. The van der Waals surface area contributed by atoms with Crippen LogP contribution in [0.25, 0.3) is 0 Å². The van der Waals surface area contributed by atoms with E-state index in [1.54, 1.807) is 36.4 Å². The van der Waals surface area contributed by atoms with Gasteiger partial charge < -0.3 is 19.7 Å². The van der Waals surface area contributed by atoms with Crippen LogP contribution in [0.3, 0.4) is 0 Å². The van der Waals surface area contributed by atoms with Gasteiger partial charge in [0.15, 0.2) is 6.61 Å². The first-order chi connectivity index (χ1) is 14.4. The summed E-state index contributed by atoms with van der Waals surface area (Å²) in [5, 5.41) is 2.65. The molecule has 0 aliphatic carbocycles. The summed E-state index contributed by atoms with van der Waals surface area (Å²) in [5.41, 5.74) is 2.61. The Balaban J connectivity index is 1.52. The number of aryl methyl sites for hydroxylation is 1. The first-order valence-electron chi connectivity index (χ1n) is 9.39. The molecule has 0 aromatic heterocycles. The molecule has 0 bridgehead atoms. The van der Waals surface area contributed by atoms with Crippen molar-refractivity contribution in [2.75, 3.05) is 30.5 Å². The van der Waals surface area contributed by atoms with Gasteiger partial charge in [-0.05, 0) is 43.3 Å². The normalized spacial score (nSPS) is 15.6. The second-order valence-electron chi connectivity index (χ2n) is 6.97. The monoisotopic (exact) mass is 410 g/mol. The van der Waals surface area contributed by atoms with Gasteiger partial charge in [-0.3, -0.25) is 14.4 Å². The molecule has 8 nitrogen and oxygen atoms in total. The summed E-state index contributed by atoms with van der Waals surface area (Å²) in [4.78, 5) is 49.6. The maximum Gasteiger partial charge on any atom is 0.337 e. The number of hydrogen-bond donors (Lipinski definition) is 1. The lowest BCUT2D eigenvalue weighted by molar-refractivity contribution is -0.151. The molecule has 1 saturated heterocycles. The molecule has 156 valence electrons. The number of carbonyl (C=O) groups excluding carboxylic acids is 4. The minimum absolute atomic E-state index is 0.00281. The third-order valence-corrected chi connectivity index (χ3v) is 4.74. The average Bonchev–Trinajstić information content (AvgIpc) is 3.15. The molecule has 2 aromatic carbocycles. The van der Waals surface area contributed by atoms with Crippen LogP contribution in [0.2, 0.25) is 0 Å². The van der Waals surface area contributed by atoms with Crippen LogP contribution in [0, 0.1) is 12.8 Å². The van der Waals surface area contributed by atoms with Crippen molar-refractivity contribution in [3.8, 4) is 0 Å². The van der Waals surface area contributed by atoms with Crippen molar-refractivity contribution in [2.24, 2.45) is 5.92 Å². The summed E-state index contributed by atoms with van der Waals surface area (Å²) in [5.74, 6) is -2.42. The van der Waals surface area contributed by atoms with E-state index in [2.05, 4.69) is 10.1 Å². The van der Waals surface area contributed by atoms with Gasteiger partial charge in [-0.2, -0.15) is 0 Å². The fourth-order valence-corrected chi connectivity index (χ4v) is 3.10. The van der Waals surface area contributed by atoms with E-state index >= 15 is 0 Å². The molecule has 1 atom stereocenters. The van der Waals surface area contributed by atoms with Gasteiger partial charge in [0.25, 0.3) is 5.91 Å². The fraction of sp³-hybridized carbons (Fsp3) is 0.273. The maximum absolute atomic E-state index is 12.3. The highest BCUT2D eigenvalue weighted by Crippen LogP contribution is 2.26. The zero-order valence-corrected chi connectivity index (χ0v) is 16.7. The van der Waals surface area contributed by atoms with Crippen LogP contribution in [-0.4, -0.2) is 44.0 Å². The van der Waals surface area contributed by atoms with Crippen molar-refractivity contribution in [2.45, 2.75) is 13.3 Å². The lowest BCUT2D eigenvalue weighted by atomic mass is 10.1.